The lowest BCUT2D eigenvalue weighted by atomic mass is 10.1. The summed E-state index contributed by atoms with van der Waals surface area (Å²) in [6.07, 6.45) is 3.21. The largest absolute Gasteiger partial charge is 0.462 e. The molecule has 0 amide bonds. The van der Waals surface area contributed by atoms with Crippen LogP contribution in [0.3, 0.4) is 0 Å². The number of rotatable bonds is 5. The predicted molar refractivity (Wildman–Crippen MR) is 72.3 cm³/mol. The van der Waals surface area contributed by atoms with Gasteiger partial charge in [-0.25, -0.2) is 13.1 Å². The monoisotopic (exact) mass is 296 g/mol. The molecule has 0 bridgehead atoms. The standard InChI is InChI=1S/C13H16N2O4S/c1-9(11-3-5-14-6-4-11)15-20(17,18)13-7-12(8-16)19-10(13)2/h3-7,9,15-16H,8H2,1-2H3. The van der Waals surface area contributed by atoms with Gasteiger partial charge in [-0.1, -0.05) is 0 Å². The van der Waals surface area contributed by atoms with Crippen molar-refractivity contribution in [2.75, 3.05) is 0 Å². The van der Waals surface area contributed by atoms with Crippen LogP contribution in [0, 0.1) is 6.92 Å². The van der Waals surface area contributed by atoms with Crippen LogP contribution in [0.25, 0.3) is 0 Å². The first kappa shape index (κ1) is 14.7. The second-order valence-corrected chi connectivity index (χ2v) is 6.10. The summed E-state index contributed by atoms with van der Waals surface area (Å²) in [6.45, 7) is 2.95. The summed E-state index contributed by atoms with van der Waals surface area (Å²) < 4.78 is 32.3. The van der Waals surface area contributed by atoms with Gasteiger partial charge < -0.3 is 9.52 Å². The number of nitrogens with one attached hydrogen (secondary N) is 1. The van der Waals surface area contributed by atoms with Crippen LogP contribution in [0.4, 0.5) is 0 Å². The van der Waals surface area contributed by atoms with Crippen LogP contribution < -0.4 is 4.72 Å². The number of pyridine rings is 1. The van der Waals surface area contributed by atoms with Gasteiger partial charge in [0.1, 0.15) is 23.0 Å². The van der Waals surface area contributed by atoms with Crippen molar-refractivity contribution in [2.24, 2.45) is 0 Å². The predicted octanol–water partition coefficient (Wildman–Crippen LogP) is 1.51. The molecule has 20 heavy (non-hydrogen) atoms. The lowest BCUT2D eigenvalue weighted by molar-refractivity contribution is 0.244. The Labute approximate surface area is 117 Å². The second-order valence-electron chi connectivity index (χ2n) is 4.41. The molecular formula is C13H16N2O4S. The number of aliphatic hydroxyl groups excluding tert-OH is 1. The zero-order valence-corrected chi connectivity index (χ0v) is 12.0. The number of aromatic nitrogens is 1. The highest BCUT2D eigenvalue weighted by atomic mass is 32.2. The molecular weight excluding hydrogens is 280 g/mol. The van der Waals surface area contributed by atoms with E-state index in [2.05, 4.69) is 9.71 Å². The summed E-state index contributed by atoms with van der Waals surface area (Å²) in [7, 11) is -3.70. The Balaban J connectivity index is 2.25. The summed E-state index contributed by atoms with van der Waals surface area (Å²) in [5.74, 6) is 0.475. The van der Waals surface area contributed by atoms with Crippen LogP contribution in [0.15, 0.2) is 39.9 Å². The maximum Gasteiger partial charge on any atom is 0.244 e. The Morgan fingerprint density at radius 2 is 2.05 bits per heavy atom. The molecule has 0 saturated heterocycles. The molecule has 6 nitrogen and oxygen atoms in total. The van der Waals surface area contributed by atoms with E-state index >= 15 is 0 Å². The molecule has 2 N–H and O–H groups in total. The molecule has 0 saturated carbocycles. The topological polar surface area (TPSA) is 92.4 Å². The Morgan fingerprint density at radius 1 is 1.40 bits per heavy atom. The van der Waals surface area contributed by atoms with Crippen LogP contribution in [-0.4, -0.2) is 18.5 Å². The maximum atomic E-state index is 12.3. The molecule has 0 aliphatic rings. The number of sulfonamides is 1. The molecule has 0 aliphatic heterocycles. The number of nitrogens with zero attached hydrogens (tertiary/aromatic N) is 1. The van der Waals surface area contributed by atoms with E-state index in [0.717, 1.165) is 5.56 Å². The van der Waals surface area contributed by atoms with Gasteiger partial charge in [-0.2, -0.15) is 0 Å². The van der Waals surface area contributed by atoms with Crippen molar-refractivity contribution in [1.82, 2.24) is 9.71 Å². The van der Waals surface area contributed by atoms with E-state index in [0.29, 0.717) is 0 Å². The van der Waals surface area contributed by atoms with Crippen LogP contribution in [0.1, 0.15) is 30.0 Å². The zero-order chi connectivity index (χ0) is 14.8. The van der Waals surface area contributed by atoms with Gasteiger partial charge in [0.05, 0.1) is 0 Å². The molecule has 2 aromatic heterocycles. The highest BCUT2D eigenvalue weighted by Crippen LogP contribution is 2.22. The van der Waals surface area contributed by atoms with Gasteiger partial charge >= 0.3 is 0 Å². The SMILES string of the molecule is Cc1oc(CO)cc1S(=O)(=O)NC(C)c1ccncc1. The lowest BCUT2D eigenvalue weighted by Gasteiger charge is -2.13. The molecule has 0 fully saturated rings. The molecule has 2 rings (SSSR count). The van der Waals surface area contributed by atoms with Crippen LogP contribution in [0.5, 0.6) is 0 Å². The number of aliphatic hydroxyl groups is 1. The van der Waals surface area contributed by atoms with Crippen molar-refractivity contribution < 1.29 is 17.9 Å². The van der Waals surface area contributed by atoms with E-state index in [1.54, 1.807) is 38.4 Å². The fraction of sp³-hybridized carbons (Fsp3) is 0.308. The minimum Gasteiger partial charge on any atom is -0.462 e. The molecule has 0 spiro atoms. The summed E-state index contributed by atoms with van der Waals surface area (Å²) in [5, 5.41) is 8.99. The lowest BCUT2D eigenvalue weighted by Crippen LogP contribution is -2.27. The molecule has 0 radical (unpaired) electrons. The fourth-order valence-electron chi connectivity index (χ4n) is 1.89. The first-order chi connectivity index (χ1) is 9.44. The van der Waals surface area contributed by atoms with Gasteiger partial charge in [0.15, 0.2) is 0 Å². The summed E-state index contributed by atoms with van der Waals surface area (Å²) in [5.41, 5.74) is 0.812. The Morgan fingerprint density at radius 3 is 2.60 bits per heavy atom. The van der Waals surface area contributed by atoms with Crippen molar-refractivity contribution in [1.29, 1.82) is 0 Å². The van der Waals surface area contributed by atoms with Gasteiger partial charge in [-0.05, 0) is 31.5 Å². The third-order valence-electron chi connectivity index (χ3n) is 2.91. The molecule has 1 atom stereocenters. The average molecular weight is 296 g/mol. The van der Waals surface area contributed by atoms with E-state index < -0.39 is 16.1 Å². The van der Waals surface area contributed by atoms with Gasteiger partial charge in [-0.15, -0.1) is 0 Å². The molecule has 1 unspecified atom stereocenters. The normalized spacial score (nSPS) is 13.3. The van der Waals surface area contributed by atoms with Gasteiger partial charge in [0.25, 0.3) is 0 Å². The van der Waals surface area contributed by atoms with Crippen molar-refractivity contribution in [3.8, 4) is 0 Å². The summed E-state index contributed by atoms with van der Waals surface area (Å²) in [4.78, 5) is 3.93. The fourth-order valence-corrected chi connectivity index (χ4v) is 3.32. The first-order valence-electron chi connectivity index (χ1n) is 6.06. The minimum atomic E-state index is -3.70. The number of hydrogen-bond donors (Lipinski definition) is 2. The number of furan rings is 1. The van der Waals surface area contributed by atoms with Crippen LogP contribution in [-0.2, 0) is 16.6 Å². The van der Waals surface area contributed by atoms with Crippen LogP contribution >= 0.6 is 0 Å². The molecule has 108 valence electrons. The van der Waals surface area contributed by atoms with Crippen molar-refractivity contribution in [3.63, 3.8) is 0 Å². The average Bonchev–Trinajstić information content (AvgIpc) is 2.81. The molecule has 2 heterocycles. The number of aryl methyl sites for hydroxylation is 1. The number of hydrogen-bond acceptors (Lipinski definition) is 5. The van der Waals surface area contributed by atoms with Crippen molar-refractivity contribution in [3.05, 3.63) is 47.7 Å². The van der Waals surface area contributed by atoms with Gasteiger partial charge in [0.2, 0.25) is 10.0 Å². The molecule has 0 aliphatic carbocycles. The van der Waals surface area contributed by atoms with Crippen LogP contribution in [0.2, 0.25) is 0 Å². The summed E-state index contributed by atoms with van der Waals surface area (Å²) in [6, 6.07) is 4.43. The third kappa shape index (κ3) is 3.06. The maximum absolute atomic E-state index is 12.3. The highest BCUT2D eigenvalue weighted by Gasteiger charge is 2.23. The second kappa shape index (κ2) is 5.74. The van der Waals surface area contributed by atoms with E-state index in [9.17, 15) is 8.42 Å². The Hall–Kier alpha value is -1.70. The summed E-state index contributed by atoms with van der Waals surface area (Å²) >= 11 is 0. The smallest absolute Gasteiger partial charge is 0.244 e. The van der Waals surface area contributed by atoms with Gasteiger partial charge in [0, 0.05) is 24.5 Å². The van der Waals surface area contributed by atoms with E-state index in [-0.39, 0.29) is 23.0 Å². The van der Waals surface area contributed by atoms with Crippen molar-refractivity contribution in [2.45, 2.75) is 31.4 Å². The van der Waals surface area contributed by atoms with Gasteiger partial charge in [-0.3, -0.25) is 4.98 Å². The third-order valence-corrected chi connectivity index (χ3v) is 4.55. The molecule has 2 aromatic rings. The minimum absolute atomic E-state index is 0.0439. The van der Waals surface area contributed by atoms with E-state index in [4.69, 9.17) is 9.52 Å². The van der Waals surface area contributed by atoms with E-state index in [1.807, 2.05) is 0 Å². The van der Waals surface area contributed by atoms with Crippen molar-refractivity contribution >= 4 is 10.0 Å². The highest BCUT2D eigenvalue weighted by molar-refractivity contribution is 7.89. The van der Waals surface area contributed by atoms with E-state index in [1.165, 1.54) is 6.07 Å². The molecule has 0 aromatic carbocycles. The quantitative estimate of drug-likeness (QED) is 0.872. The first-order valence-corrected chi connectivity index (χ1v) is 7.55. The Kier molecular flexibility index (Phi) is 4.22. The Bertz CT molecular complexity index is 680. The molecule has 7 heteroatoms. The zero-order valence-electron chi connectivity index (χ0n) is 11.2.